The Bertz CT molecular complexity index is 223. The zero-order chi connectivity index (χ0) is 10.8. The van der Waals surface area contributed by atoms with Crippen LogP contribution in [0.1, 0.15) is 44.9 Å². The van der Waals surface area contributed by atoms with Crippen molar-refractivity contribution in [1.82, 2.24) is 0 Å². The summed E-state index contributed by atoms with van der Waals surface area (Å²) in [5, 5.41) is 2.70. The second-order valence-electron chi connectivity index (χ2n) is 6.42. The van der Waals surface area contributed by atoms with Crippen LogP contribution in [0.4, 0.5) is 0 Å². The smallest absolute Gasteiger partial charge is 0.127 e. The molecule has 0 amide bonds. The standard InChI is InChI=1S/C14H26N2/c1-2-7-16(8-3-1)9-6-15-14-11-12-4-5-13(14)10-12/h12-15H,1-11H2/p+2/t12-,13+,14+/m0/s1. The molecule has 2 bridgehead atoms. The van der Waals surface area contributed by atoms with E-state index in [1.165, 1.54) is 45.4 Å². The van der Waals surface area contributed by atoms with Crippen LogP contribution in [0, 0.1) is 11.8 Å². The van der Waals surface area contributed by atoms with Crippen LogP contribution in [-0.4, -0.2) is 32.2 Å². The van der Waals surface area contributed by atoms with Crippen LogP contribution in [0.3, 0.4) is 0 Å². The largest absolute Gasteiger partial charge is 0.339 e. The number of hydrogen-bond donors (Lipinski definition) is 2. The van der Waals surface area contributed by atoms with Gasteiger partial charge in [0.05, 0.1) is 19.1 Å². The van der Waals surface area contributed by atoms with Crippen LogP contribution < -0.4 is 10.2 Å². The van der Waals surface area contributed by atoms with E-state index in [1.54, 1.807) is 25.7 Å². The normalized spacial score (nSPS) is 39.4. The molecule has 3 N–H and O–H groups in total. The summed E-state index contributed by atoms with van der Waals surface area (Å²) in [6.45, 7) is 5.71. The SMILES string of the molecule is C1CC[NH+](CC[NH2+][C@@H]2C[C@H]3CC[C@@H]2C3)CC1. The Morgan fingerprint density at radius 3 is 2.56 bits per heavy atom. The number of nitrogens with one attached hydrogen (secondary N) is 1. The van der Waals surface area contributed by atoms with Crippen molar-refractivity contribution in [3.8, 4) is 0 Å². The Balaban J connectivity index is 1.34. The van der Waals surface area contributed by atoms with Crippen molar-refractivity contribution in [1.29, 1.82) is 0 Å². The molecule has 0 aromatic carbocycles. The first-order chi connectivity index (χ1) is 7.92. The molecule has 3 atom stereocenters. The zero-order valence-electron chi connectivity index (χ0n) is 10.6. The predicted molar refractivity (Wildman–Crippen MR) is 65.4 cm³/mol. The molecule has 2 heteroatoms. The third-order valence-corrected chi connectivity index (χ3v) is 5.32. The van der Waals surface area contributed by atoms with E-state index in [1.807, 2.05) is 4.90 Å². The Morgan fingerprint density at radius 1 is 1.00 bits per heavy atom. The lowest BCUT2D eigenvalue weighted by molar-refractivity contribution is -0.918. The molecule has 0 aromatic rings. The van der Waals surface area contributed by atoms with Crippen molar-refractivity contribution in [3.63, 3.8) is 0 Å². The van der Waals surface area contributed by atoms with Gasteiger partial charge in [0, 0.05) is 12.3 Å². The van der Waals surface area contributed by atoms with Crippen LogP contribution in [-0.2, 0) is 0 Å². The first-order valence-electron chi connectivity index (χ1n) is 7.59. The van der Waals surface area contributed by atoms with Gasteiger partial charge in [-0.3, -0.25) is 0 Å². The molecule has 3 fully saturated rings. The van der Waals surface area contributed by atoms with E-state index in [0.717, 1.165) is 17.9 Å². The van der Waals surface area contributed by atoms with Gasteiger partial charge in [0.15, 0.2) is 0 Å². The fraction of sp³-hybridized carbons (Fsp3) is 1.00. The molecule has 2 nitrogen and oxygen atoms in total. The van der Waals surface area contributed by atoms with E-state index in [4.69, 9.17) is 0 Å². The van der Waals surface area contributed by atoms with Gasteiger partial charge in [-0.2, -0.15) is 0 Å². The molecule has 2 aliphatic carbocycles. The van der Waals surface area contributed by atoms with Gasteiger partial charge in [-0.1, -0.05) is 0 Å². The first-order valence-corrected chi connectivity index (χ1v) is 7.59. The van der Waals surface area contributed by atoms with Crippen molar-refractivity contribution in [2.24, 2.45) is 11.8 Å². The number of quaternary nitrogens is 2. The summed E-state index contributed by atoms with van der Waals surface area (Å²) >= 11 is 0. The molecule has 1 saturated heterocycles. The third kappa shape index (κ3) is 2.43. The summed E-state index contributed by atoms with van der Waals surface area (Å²) < 4.78 is 0. The van der Waals surface area contributed by atoms with E-state index in [2.05, 4.69) is 5.32 Å². The monoisotopic (exact) mass is 224 g/mol. The summed E-state index contributed by atoms with van der Waals surface area (Å²) in [6.07, 6.45) is 10.6. The minimum atomic E-state index is 1.02. The van der Waals surface area contributed by atoms with Crippen molar-refractivity contribution in [2.75, 3.05) is 26.2 Å². The highest BCUT2D eigenvalue weighted by molar-refractivity contribution is 4.89. The maximum absolute atomic E-state index is 2.70. The van der Waals surface area contributed by atoms with Gasteiger partial charge in [-0.15, -0.1) is 0 Å². The number of fused-ring (bicyclic) bond motifs is 2. The second kappa shape index (κ2) is 5.05. The second-order valence-corrected chi connectivity index (χ2v) is 6.42. The van der Waals surface area contributed by atoms with Crippen LogP contribution >= 0.6 is 0 Å². The van der Waals surface area contributed by atoms with Gasteiger partial charge in [0.2, 0.25) is 0 Å². The van der Waals surface area contributed by atoms with Gasteiger partial charge >= 0.3 is 0 Å². The number of rotatable bonds is 4. The average molecular weight is 224 g/mol. The van der Waals surface area contributed by atoms with Crippen LogP contribution in [0.2, 0.25) is 0 Å². The quantitative estimate of drug-likeness (QED) is 0.660. The Morgan fingerprint density at radius 2 is 1.88 bits per heavy atom. The average Bonchev–Trinajstić information content (AvgIpc) is 2.92. The molecule has 0 spiro atoms. The minimum absolute atomic E-state index is 1.02. The molecule has 0 unspecified atom stereocenters. The lowest BCUT2D eigenvalue weighted by atomic mass is 9.95. The van der Waals surface area contributed by atoms with E-state index < -0.39 is 0 Å². The van der Waals surface area contributed by atoms with E-state index in [0.29, 0.717) is 0 Å². The fourth-order valence-corrected chi connectivity index (χ4v) is 4.39. The Hall–Kier alpha value is -0.0800. The van der Waals surface area contributed by atoms with Crippen LogP contribution in [0.5, 0.6) is 0 Å². The molecule has 0 aromatic heterocycles. The molecule has 1 aliphatic heterocycles. The molecule has 1 heterocycles. The van der Waals surface area contributed by atoms with Crippen molar-refractivity contribution < 1.29 is 10.2 Å². The van der Waals surface area contributed by atoms with Crippen molar-refractivity contribution in [2.45, 2.75) is 51.0 Å². The maximum atomic E-state index is 2.70. The highest BCUT2D eigenvalue weighted by Gasteiger charge is 2.41. The summed E-state index contributed by atoms with van der Waals surface area (Å²) in [5.74, 6) is 2.22. The minimum Gasteiger partial charge on any atom is -0.339 e. The zero-order valence-corrected chi connectivity index (χ0v) is 10.6. The summed E-state index contributed by atoms with van der Waals surface area (Å²) in [6, 6.07) is 1.02. The summed E-state index contributed by atoms with van der Waals surface area (Å²) in [7, 11) is 0. The highest BCUT2D eigenvalue weighted by atomic mass is 15.1. The number of piperidine rings is 1. The van der Waals surface area contributed by atoms with Gasteiger partial charge in [0.1, 0.15) is 13.1 Å². The number of likely N-dealkylation sites (tertiary alicyclic amines) is 1. The fourth-order valence-electron chi connectivity index (χ4n) is 4.39. The summed E-state index contributed by atoms with van der Waals surface area (Å²) in [4.78, 5) is 1.88. The van der Waals surface area contributed by atoms with Crippen LogP contribution in [0.25, 0.3) is 0 Å². The number of hydrogen-bond acceptors (Lipinski definition) is 0. The topological polar surface area (TPSA) is 21.1 Å². The molecular formula is C14H28N2+2. The van der Waals surface area contributed by atoms with E-state index in [9.17, 15) is 0 Å². The molecule has 92 valence electrons. The lowest BCUT2D eigenvalue weighted by Gasteiger charge is -2.24. The first kappa shape index (κ1) is 11.0. The maximum Gasteiger partial charge on any atom is 0.127 e. The van der Waals surface area contributed by atoms with Gasteiger partial charge in [0.25, 0.3) is 0 Å². The Labute approximate surface area is 99.8 Å². The van der Waals surface area contributed by atoms with Gasteiger partial charge < -0.3 is 10.2 Å². The molecule has 2 saturated carbocycles. The summed E-state index contributed by atoms with van der Waals surface area (Å²) in [5.41, 5.74) is 0. The highest BCUT2D eigenvalue weighted by Crippen LogP contribution is 2.42. The Kier molecular flexibility index (Phi) is 3.49. The van der Waals surface area contributed by atoms with Gasteiger partial charge in [-0.25, -0.2) is 0 Å². The van der Waals surface area contributed by atoms with Crippen molar-refractivity contribution >= 4 is 0 Å². The molecule has 3 rings (SSSR count). The lowest BCUT2D eigenvalue weighted by Crippen LogP contribution is -3.15. The van der Waals surface area contributed by atoms with E-state index in [-0.39, 0.29) is 0 Å². The molecule has 3 aliphatic rings. The molecule has 0 radical (unpaired) electrons. The number of nitrogens with two attached hydrogens (primary N) is 1. The third-order valence-electron chi connectivity index (χ3n) is 5.32. The van der Waals surface area contributed by atoms with Crippen LogP contribution in [0.15, 0.2) is 0 Å². The van der Waals surface area contributed by atoms with Crippen molar-refractivity contribution in [3.05, 3.63) is 0 Å². The van der Waals surface area contributed by atoms with E-state index >= 15 is 0 Å². The van der Waals surface area contributed by atoms with Gasteiger partial charge in [-0.05, 0) is 44.4 Å². The predicted octanol–water partition coefficient (Wildman–Crippen LogP) is -0.193. The molecular weight excluding hydrogens is 196 g/mol. The molecule has 16 heavy (non-hydrogen) atoms.